The number of nitro benzene ring substituents is 1. The summed E-state index contributed by atoms with van der Waals surface area (Å²) < 4.78 is 5.21. The van der Waals surface area contributed by atoms with Gasteiger partial charge in [-0.05, 0) is 19.1 Å². The molecule has 0 radical (unpaired) electrons. The van der Waals surface area contributed by atoms with Gasteiger partial charge in [0.1, 0.15) is 5.69 Å². The zero-order chi connectivity index (χ0) is 13.7. The molecule has 1 amide bonds. The molecule has 7 heteroatoms. The molecule has 0 bridgehead atoms. The molecule has 0 unspecified atom stereocenters. The highest BCUT2D eigenvalue weighted by atomic mass is 16.6. The fourth-order valence-electron chi connectivity index (χ4n) is 1.59. The van der Waals surface area contributed by atoms with Gasteiger partial charge in [0.15, 0.2) is 5.75 Å². The first-order valence-corrected chi connectivity index (χ1v) is 5.37. The van der Waals surface area contributed by atoms with Gasteiger partial charge < -0.3 is 15.4 Å². The molecule has 0 spiro atoms. The van der Waals surface area contributed by atoms with Crippen molar-refractivity contribution in [3.8, 4) is 5.75 Å². The highest BCUT2D eigenvalue weighted by molar-refractivity contribution is 5.81. The summed E-state index contributed by atoms with van der Waals surface area (Å²) in [6.07, 6.45) is 0. The van der Waals surface area contributed by atoms with Crippen LogP contribution in [0.5, 0.6) is 5.75 Å². The number of amides is 1. The first kappa shape index (κ1) is 13.8. The minimum Gasteiger partial charge on any atom is -0.487 e. The summed E-state index contributed by atoms with van der Waals surface area (Å²) in [7, 11) is 1.56. The summed E-state index contributed by atoms with van der Waals surface area (Å²) in [5.41, 5.74) is 5.20. The molecule has 0 heterocycles. The van der Waals surface area contributed by atoms with Crippen molar-refractivity contribution in [2.45, 2.75) is 6.92 Å². The molecular formula is C11H15N3O4. The lowest BCUT2D eigenvalue weighted by molar-refractivity contribution is -0.385. The first-order valence-electron chi connectivity index (χ1n) is 5.37. The predicted octanol–water partition coefficient (Wildman–Crippen LogP) is 0.915. The van der Waals surface area contributed by atoms with Crippen molar-refractivity contribution in [1.29, 1.82) is 0 Å². The number of hydrogen-bond acceptors (Lipinski definition) is 5. The molecule has 0 fully saturated rings. The van der Waals surface area contributed by atoms with Crippen molar-refractivity contribution < 1.29 is 14.5 Å². The highest BCUT2D eigenvalue weighted by Gasteiger charge is 2.23. The quantitative estimate of drug-likeness (QED) is 0.600. The number of nitro groups is 1. The average molecular weight is 253 g/mol. The van der Waals surface area contributed by atoms with E-state index >= 15 is 0 Å². The van der Waals surface area contributed by atoms with E-state index in [-0.39, 0.29) is 18.0 Å². The Hall–Kier alpha value is -2.31. The van der Waals surface area contributed by atoms with Crippen molar-refractivity contribution in [2.75, 3.05) is 25.1 Å². The normalized spacial score (nSPS) is 9.89. The number of nitrogens with zero attached hydrogens (tertiary/aromatic N) is 2. The fourth-order valence-corrected chi connectivity index (χ4v) is 1.59. The summed E-state index contributed by atoms with van der Waals surface area (Å²) in [5, 5.41) is 11.1. The van der Waals surface area contributed by atoms with Gasteiger partial charge in [0.05, 0.1) is 18.1 Å². The Morgan fingerprint density at radius 1 is 1.56 bits per heavy atom. The molecule has 98 valence electrons. The highest BCUT2D eigenvalue weighted by Crippen LogP contribution is 2.36. The Balaban J connectivity index is 3.21. The molecular weight excluding hydrogens is 238 g/mol. The number of ether oxygens (including phenoxy) is 1. The Labute approximate surface area is 104 Å². The van der Waals surface area contributed by atoms with E-state index in [0.717, 1.165) is 0 Å². The van der Waals surface area contributed by atoms with E-state index in [2.05, 4.69) is 0 Å². The third kappa shape index (κ3) is 3.09. The van der Waals surface area contributed by atoms with Crippen LogP contribution in [0.2, 0.25) is 0 Å². The smallest absolute Gasteiger partial charge is 0.333 e. The van der Waals surface area contributed by atoms with Crippen molar-refractivity contribution in [3.63, 3.8) is 0 Å². The predicted molar refractivity (Wildman–Crippen MR) is 66.7 cm³/mol. The van der Waals surface area contributed by atoms with E-state index < -0.39 is 10.8 Å². The number of carbonyl (C=O) groups excluding carboxylic acids is 1. The van der Waals surface area contributed by atoms with Crippen LogP contribution < -0.4 is 15.4 Å². The van der Waals surface area contributed by atoms with E-state index in [1.165, 1.54) is 11.0 Å². The van der Waals surface area contributed by atoms with Crippen LogP contribution in [0.3, 0.4) is 0 Å². The maximum atomic E-state index is 11.1. The number of para-hydroxylation sites is 1. The zero-order valence-corrected chi connectivity index (χ0v) is 10.3. The van der Waals surface area contributed by atoms with Crippen LogP contribution in [0.1, 0.15) is 6.92 Å². The molecule has 2 N–H and O–H groups in total. The van der Waals surface area contributed by atoms with Crippen molar-refractivity contribution in [2.24, 2.45) is 5.73 Å². The summed E-state index contributed by atoms with van der Waals surface area (Å²) in [6, 6.07) is 4.69. The molecule has 1 aromatic rings. The third-order valence-corrected chi connectivity index (χ3v) is 2.26. The third-order valence-electron chi connectivity index (χ3n) is 2.26. The molecule has 0 atom stereocenters. The van der Waals surface area contributed by atoms with Gasteiger partial charge in [-0.1, -0.05) is 6.07 Å². The topological polar surface area (TPSA) is 98.7 Å². The molecule has 0 aliphatic carbocycles. The Kier molecular flexibility index (Phi) is 4.47. The lowest BCUT2D eigenvalue weighted by atomic mass is 10.2. The number of benzene rings is 1. The molecule has 7 nitrogen and oxygen atoms in total. The van der Waals surface area contributed by atoms with Crippen LogP contribution in [0.15, 0.2) is 18.2 Å². The van der Waals surface area contributed by atoms with Crippen molar-refractivity contribution in [3.05, 3.63) is 28.3 Å². The number of primary amides is 1. The average Bonchev–Trinajstić information content (AvgIpc) is 2.27. The number of likely N-dealkylation sites (N-methyl/N-ethyl adjacent to an activating group) is 1. The monoisotopic (exact) mass is 253 g/mol. The van der Waals surface area contributed by atoms with Gasteiger partial charge in [-0.3, -0.25) is 14.9 Å². The Morgan fingerprint density at radius 3 is 2.72 bits per heavy atom. The van der Waals surface area contributed by atoms with Gasteiger partial charge in [0, 0.05) is 7.05 Å². The summed E-state index contributed by atoms with van der Waals surface area (Å²) in [6.45, 7) is 1.96. The van der Waals surface area contributed by atoms with Gasteiger partial charge in [-0.2, -0.15) is 0 Å². The van der Waals surface area contributed by atoms with Gasteiger partial charge in [-0.15, -0.1) is 0 Å². The van der Waals surface area contributed by atoms with Crippen LogP contribution in [-0.2, 0) is 4.79 Å². The molecule has 18 heavy (non-hydrogen) atoms. The first-order chi connectivity index (χ1) is 8.47. The summed E-state index contributed by atoms with van der Waals surface area (Å²) in [5.74, 6) is -0.384. The number of hydrogen-bond donors (Lipinski definition) is 1. The minimum absolute atomic E-state index is 0.101. The molecule has 0 aromatic heterocycles. The molecule has 1 rings (SSSR count). The maximum absolute atomic E-state index is 11.1. The SMILES string of the molecule is CCOc1cccc(N(C)CC(N)=O)c1[N+](=O)[O-]. The van der Waals surface area contributed by atoms with E-state index in [4.69, 9.17) is 10.5 Å². The van der Waals surface area contributed by atoms with Crippen molar-refractivity contribution in [1.82, 2.24) is 0 Å². The van der Waals surface area contributed by atoms with Gasteiger partial charge in [0.2, 0.25) is 5.91 Å². The number of rotatable bonds is 6. The molecule has 1 aromatic carbocycles. The second-order valence-electron chi connectivity index (χ2n) is 3.64. The maximum Gasteiger partial charge on any atom is 0.333 e. The van der Waals surface area contributed by atoms with Crippen LogP contribution in [0.25, 0.3) is 0 Å². The summed E-state index contributed by atoms with van der Waals surface area (Å²) in [4.78, 5) is 22.8. The number of nitrogens with two attached hydrogens (primary N) is 1. The van der Waals surface area contributed by atoms with Crippen LogP contribution >= 0.6 is 0 Å². The lowest BCUT2D eigenvalue weighted by Crippen LogP contribution is -2.30. The van der Waals surface area contributed by atoms with Crippen LogP contribution in [0.4, 0.5) is 11.4 Å². The molecule has 0 saturated heterocycles. The van der Waals surface area contributed by atoms with E-state index in [1.54, 1.807) is 26.1 Å². The van der Waals surface area contributed by atoms with Crippen LogP contribution in [-0.4, -0.2) is 31.0 Å². The van der Waals surface area contributed by atoms with Gasteiger partial charge in [-0.25, -0.2) is 0 Å². The second-order valence-corrected chi connectivity index (χ2v) is 3.64. The van der Waals surface area contributed by atoms with Crippen LogP contribution in [0, 0.1) is 10.1 Å². The second kappa shape index (κ2) is 5.85. The Morgan fingerprint density at radius 2 is 2.22 bits per heavy atom. The van der Waals surface area contributed by atoms with E-state index in [0.29, 0.717) is 12.3 Å². The number of carbonyl (C=O) groups is 1. The summed E-state index contributed by atoms with van der Waals surface area (Å²) >= 11 is 0. The van der Waals surface area contributed by atoms with Gasteiger partial charge >= 0.3 is 5.69 Å². The minimum atomic E-state index is -0.561. The van der Waals surface area contributed by atoms with E-state index in [9.17, 15) is 14.9 Å². The fraction of sp³-hybridized carbons (Fsp3) is 0.364. The largest absolute Gasteiger partial charge is 0.487 e. The Bertz CT molecular complexity index is 462. The molecule has 0 aliphatic heterocycles. The molecule has 0 aliphatic rings. The molecule has 0 saturated carbocycles. The zero-order valence-electron chi connectivity index (χ0n) is 10.3. The number of anilines is 1. The lowest BCUT2D eigenvalue weighted by Gasteiger charge is -2.18. The van der Waals surface area contributed by atoms with Crippen molar-refractivity contribution >= 4 is 17.3 Å². The standard InChI is InChI=1S/C11H15N3O4/c1-3-18-9-6-4-5-8(11(9)14(16)17)13(2)7-10(12)15/h4-6H,3,7H2,1-2H3,(H2,12,15). The van der Waals surface area contributed by atoms with E-state index in [1.807, 2.05) is 0 Å². The van der Waals surface area contributed by atoms with Gasteiger partial charge in [0.25, 0.3) is 0 Å².